The fourth-order valence-electron chi connectivity index (χ4n) is 2.57. The monoisotopic (exact) mass is 326 g/mol. The summed E-state index contributed by atoms with van der Waals surface area (Å²) in [5.41, 5.74) is 1.15. The average molecular weight is 326 g/mol. The second-order valence-electron chi connectivity index (χ2n) is 5.47. The number of carbonyl (C=O) groups is 1. The zero-order valence-corrected chi connectivity index (χ0v) is 12.3. The van der Waals surface area contributed by atoms with E-state index in [1.54, 1.807) is 24.3 Å². The Kier molecular flexibility index (Phi) is 5.16. The highest BCUT2D eigenvalue weighted by Gasteiger charge is 2.44. The Hall–Kier alpha value is -2.20. The Morgan fingerprint density at radius 1 is 1.39 bits per heavy atom. The molecule has 0 spiro atoms. The first kappa shape index (κ1) is 17.2. The maximum atomic E-state index is 12.5. The minimum atomic E-state index is -4.62. The average Bonchev–Trinajstić information content (AvgIpc) is 2.53. The lowest BCUT2D eigenvalue weighted by Gasteiger charge is -2.34. The number of alkyl halides is 3. The molecule has 0 saturated carbocycles. The molecule has 4 nitrogen and oxygen atoms in total. The standard InChI is InChI=1S/C16H17F3N2O2/c1-2-11-4-3-5-13(10-11)20-15(23)21-8-6-12(7-9-21)14(22)16(17,18)19/h1,3-5,10,12,14,22H,6-9H2,(H,20,23). The molecule has 1 aliphatic rings. The van der Waals surface area contributed by atoms with Crippen LogP contribution in [0.3, 0.4) is 0 Å². The summed E-state index contributed by atoms with van der Waals surface area (Å²) in [5, 5.41) is 11.9. The summed E-state index contributed by atoms with van der Waals surface area (Å²) >= 11 is 0. The summed E-state index contributed by atoms with van der Waals surface area (Å²) in [6.07, 6.45) is -1.45. The van der Waals surface area contributed by atoms with Crippen molar-refractivity contribution in [3.63, 3.8) is 0 Å². The molecule has 1 fully saturated rings. The molecule has 1 saturated heterocycles. The zero-order chi connectivity index (χ0) is 17.0. The van der Waals surface area contributed by atoms with Crippen LogP contribution in [0.15, 0.2) is 24.3 Å². The topological polar surface area (TPSA) is 52.6 Å². The van der Waals surface area contributed by atoms with Gasteiger partial charge in [-0.2, -0.15) is 13.2 Å². The van der Waals surface area contributed by atoms with E-state index in [9.17, 15) is 23.1 Å². The Bertz CT molecular complexity index is 602. The Morgan fingerprint density at radius 3 is 2.61 bits per heavy atom. The first-order valence-electron chi connectivity index (χ1n) is 7.18. The van der Waals surface area contributed by atoms with E-state index < -0.39 is 18.2 Å². The minimum Gasteiger partial charge on any atom is -0.383 e. The van der Waals surface area contributed by atoms with Crippen LogP contribution in [-0.2, 0) is 0 Å². The van der Waals surface area contributed by atoms with Crippen molar-refractivity contribution in [1.82, 2.24) is 4.90 Å². The molecule has 0 aromatic heterocycles. The van der Waals surface area contributed by atoms with E-state index >= 15 is 0 Å². The molecular formula is C16H17F3N2O2. The molecule has 2 rings (SSSR count). The van der Waals surface area contributed by atoms with Crippen LogP contribution < -0.4 is 5.32 Å². The van der Waals surface area contributed by atoms with Crippen molar-refractivity contribution in [2.45, 2.75) is 25.1 Å². The third-order valence-corrected chi connectivity index (χ3v) is 3.89. The fraction of sp³-hybridized carbons (Fsp3) is 0.438. The molecule has 1 atom stereocenters. The molecule has 1 aromatic rings. The number of terminal acetylenes is 1. The summed E-state index contributed by atoms with van der Waals surface area (Å²) in [6.45, 7) is 0.330. The third-order valence-electron chi connectivity index (χ3n) is 3.89. The smallest absolute Gasteiger partial charge is 0.383 e. The van der Waals surface area contributed by atoms with Crippen LogP contribution in [-0.4, -0.2) is 41.4 Å². The number of urea groups is 1. The van der Waals surface area contributed by atoms with E-state index in [2.05, 4.69) is 11.2 Å². The van der Waals surface area contributed by atoms with E-state index in [4.69, 9.17) is 6.42 Å². The number of nitrogens with one attached hydrogen (secondary N) is 1. The van der Waals surface area contributed by atoms with Gasteiger partial charge in [0.25, 0.3) is 0 Å². The number of aliphatic hydroxyl groups excluding tert-OH is 1. The maximum Gasteiger partial charge on any atom is 0.414 e. The lowest BCUT2D eigenvalue weighted by atomic mass is 9.91. The fourth-order valence-corrected chi connectivity index (χ4v) is 2.57. The number of benzene rings is 1. The van der Waals surface area contributed by atoms with Crippen molar-refractivity contribution in [2.24, 2.45) is 5.92 Å². The molecule has 0 radical (unpaired) electrons. The van der Waals surface area contributed by atoms with Gasteiger partial charge in [0, 0.05) is 24.3 Å². The van der Waals surface area contributed by atoms with Gasteiger partial charge in [0.1, 0.15) is 0 Å². The molecule has 0 bridgehead atoms. The number of halogens is 3. The lowest BCUT2D eigenvalue weighted by molar-refractivity contribution is -0.222. The summed E-state index contributed by atoms with van der Waals surface area (Å²) < 4.78 is 37.5. The van der Waals surface area contributed by atoms with Crippen LogP contribution in [0.2, 0.25) is 0 Å². The van der Waals surface area contributed by atoms with Crippen LogP contribution >= 0.6 is 0 Å². The van der Waals surface area contributed by atoms with Gasteiger partial charge >= 0.3 is 12.2 Å². The van der Waals surface area contributed by atoms with Crippen LogP contribution in [0.1, 0.15) is 18.4 Å². The summed E-state index contributed by atoms with van der Waals surface area (Å²) in [5.74, 6) is 1.58. The number of carbonyl (C=O) groups excluding carboxylic acids is 1. The number of likely N-dealkylation sites (tertiary alicyclic amines) is 1. The molecule has 124 valence electrons. The van der Waals surface area contributed by atoms with E-state index in [-0.39, 0.29) is 32.0 Å². The Balaban J connectivity index is 1.90. The molecule has 23 heavy (non-hydrogen) atoms. The number of amides is 2. The van der Waals surface area contributed by atoms with E-state index in [1.165, 1.54) is 4.90 Å². The number of nitrogens with zero attached hydrogens (tertiary/aromatic N) is 1. The molecule has 7 heteroatoms. The number of anilines is 1. The van der Waals surface area contributed by atoms with Crippen molar-refractivity contribution in [1.29, 1.82) is 0 Å². The Morgan fingerprint density at radius 2 is 2.04 bits per heavy atom. The summed E-state index contributed by atoms with van der Waals surface area (Å²) in [4.78, 5) is 13.6. The van der Waals surface area contributed by atoms with Crippen LogP contribution in [0, 0.1) is 18.3 Å². The van der Waals surface area contributed by atoms with Gasteiger partial charge < -0.3 is 15.3 Å². The van der Waals surface area contributed by atoms with Gasteiger partial charge in [0.05, 0.1) is 0 Å². The van der Waals surface area contributed by atoms with E-state index in [0.717, 1.165) is 0 Å². The molecule has 1 unspecified atom stereocenters. The van der Waals surface area contributed by atoms with Crippen molar-refractivity contribution < 1.29 is 23.1 Å². The Labute approximate surface area is 132 Å². The summed E-state index contributed by atoms with van der Waals surface area (Å²) in [7, 11) is 0. The number of piperidine rings is 1. The largest absolute Gasteiger partial charge is 0.414 e. The first-order chi connectivity index (χ1) is 10.8. The quantitative estimate of drug-likeness (QED) is 0.821. The normalized spacial score (nSPS) is 17.4. The number of aliphatic hydroxyl groups is 1. The van der Waals surface area contributed by atoms with Gasteiger partial charge in [0.15, 0.2) is 6.10 Å². The second kappa shape index (κ2) is 6.92. The molecule has 1 aromatic carbocycles. The van der Waals surface area contributed by atoms with E-state index in [1.807, 2.05) is 0 Å². The molecular weight excluding hydrogens is 309 g/mol. The van der Waals surface area contributed by atoms with Crippen LogP contribution in [0.5, 0.6) is 0 Å². The SMILES string of the molecule is C#Cc1cccc(NC(=O)N2CCC(C(O)C(F)(F)F)CC2)c1. The zero-order valence-electron chi connectivity index (χ0n) is 12.3. The van der Waals surface area contributed by atoms with Crippen LogP contribution in [0.25, 0.3) is 0 Å². The lowest BCUT2D eigenvalue weighted by Crippen LogP contribution is -2.46. The predicted octanol–water partition coefficient (Wildman–Crippen LogP) is 2.84. The maximum absolute atomic E-state index is 12.5. The van der Waals surface area contributed by atoms with Crippen LogP contribution in [0.4, 0.5) is 23.7 Å². The molecule has 1 aliphatic heterocycles. The van der Waals surface area contributed by atoms with E-state index in [0.29, 0.717) is 11.3 Å². The predicted molar refractivity (Wildman–Crippen MR) is 79.8 cm³/mol. The molecule has 0 aliphatic carbocycles. The van der Waals surface area contributed by atoms with Gasteiger partial charge in [0.2, 0.25) is 0 Å². The third kappa shape index (κ3) is 4.39. The molecule has 1 heterocycles. The first-order valence-corrected chi connectivity index (χ1v) is 7.18. The highest BCUT2D eigenvalue weighted by molar-refractivity contribution is 5.89. The van der Waals surface area contributed by atoms with Gasteiger partial charge in [-0.15, -0.1) is 6.42 Å². The van der Waals surface area contributed by atoms with Crippen molar-refractivity contribution in [2.75, 3.05) is 18.4 Å². The minimum absolute atomic E-state index is 0.110. The second-order valence-corrected chi connectivity index (χ2v) is 5.47. The highest BCUT2D eigenvalue weighted by atomic mass is 19.4. The number of rotatable bonds is 2. The number of hydrogen-bond acceptors (Lipinski definition) is 2. The van der Waals surface area contributed by atoms with Crippen molar-refractivity contribution >= 4 is 11.7 Å². The van der Waals surface area contributed by atoms with Gasteiger partial charge in [-0.3, -0.25) is 0 Å². The summed E-state index contributed by atoms with van der Waals surface area (Å²) in [6, 6.07) is 6.35. The van der Waals surface area contributed by atoms with Gasteiger partial charge in [-0.05, 0) is 37.0 Å². The van der Waals surface area contributed by atoms with Crippen molar-refractivity contribution in [3.05, 3.63) is 29.8 Å². The van der Waals surface area contributed by atoms with Crippen molar-refractivity contribution in [3.8, 4) is 12.3 Å². The number of hydrogen-bond donors (Lipinski definition) is 2. The molecule has 2 N–H and O–H groups in total. The van der Waals surface area contributed by atoms with Gasteiger partial charge in [-0.1, -0.05) is 12.0 Å². The van der Waals surface area contributed by atoms with Gasteiger partial charge in [-0.25, -0.2) is 4.79 Å². The highest BCUT2D eigenvalue weighted by Crippen LogP contribution is 2.31. The molecule has 2 amide bonds.